The van der Waals surface area contributed by atoms with Crippen molar-refractivity contribution in [2.45, 2.75) is 38.3 Å². The summed E-state index contributed by atoms with van der Waals surface area (Å²) >= 11 is 0. The fourth-order valence-electron chi connectivity index (χ4n) is 3.78. The maximum absolute atomic E-state index is 10.0. The molecule has 1 N–H and O–H groups in total. The highest BCUT2D eigenvalue weighted by molar-refractivity contribution is 5.36. The van der Waals surface area contributed by atoms with E-state index in [4.69, 9.17) is 0 Å². The zero-order valence-electron chi connectivity index (χ0n) is 13.4. The average molecular weight is 295 g/mol. The molecule has 2 aromatic carbocycles. The van der Waals surface area contributed by atoms with Crippen LogP contribution >= 0.6 is 0 Å². The lowest BCUT2D eigenvalue weighted by Gasteiger charge is -2.43. The molecule has 22 heavy (non-hydrogen) atoms. The fraction of sp³-hybridized carbons (Fsp3) is 0.400. The molecule has 0 aliphatic carbocycles. The van der Waals surface area contributed by atoms with Crippen molar-refractivity contribution in [2.24, 2.45) is 0 Å². The van der Waals surface area contributed by atoms with E-state index in [1.165, 1.54) is 16.7 Å². The van der Waals surface area contributed by atoms with Gasteiger partial charge in [0.2, 0.25) is 0 Å². The monoisotopic (exact) mass is 295 g/mol. The SMILES string of the molecule is CC[C@H]1CN([C@@H](CO)c2ccccc2)[C@H](C)c2ccccc21. The molecular weight excluding hydrogens is 270 g/mol. The van der Waals surface area contributed by atoms with E-state index in [0.29, 0.717) is 12.0 Å². The molecule has 3 atom stereocenters. The summed E-state index contributed by atoms with van der Waals surface area (Å²) in [6.45, 7) is 5.68. The van der Waals surface area contributed by atoms with Crippen molar-refractivity contribution >= 4 is 0 Å². The van der Waals surface area contributed by atoms with Crippen LogP contribution in [-0.2, 0) is 0 Å². The van der Waals surface area contributed by atoms with Crippen LogP contribution in [0.5, 0.6) is 0 Å². The molecule has 0 bridgehead atoms. The van der Waals surface area contributed by atoms with Crippen molar-refractivity contribution < 1.29 is 5.11 Å². The van der Waals surface area contributed by atoms with Crippen molar-refractivity contribution in [3.63, 3.8) is 0 Å². The predicted octanol–water partition coefficient (Wildman–Crippen LogP) is 4.29. The highest BCUT2D eigenvalue weighted by atomic mass is 16.3. The van der Waals surface area contributed by atoms with Gasteiger partial charge in [-0.05, 0) is 36.0 Å². The minimum absolute atomic E-state index is 0.0682. The largest absolute Gasteiger partial charge is 0.394 e. The number of fused-ring (bicyclic) bond motifs is 1. The number of aliphatic hydroxyl groups excluding tert-OH is 1. The number of nitrogens with zero attached hydrogens (tertiary/aromatic N) is 1. The smallest absolute Gasteiger partial charge is 0.0628 e. The van der Waals surface area contributed by atoms with Crippen LogP contribution in [0.2, 0.25) is 0 Å². The average Bonchev–Trinajstić information content (AvgIpc) is 2.58. The Morgan fingerprint density at radius 1 is 1.05 bits per heavy atom. The third kappa shape index (κ3) is 2.69. The van der Waals surface area contributed by atoms with Gasteiger partial charge in [0.1, 0.15) is 0 Å². The van der Waals surface area contributed by atoms with Crippen LogP contribution < -0.4 is 0 Å². The fourth-order valence-corrected chi connectivity index (χ4v) is 3.78. The summed E-state index contributed by atoms with van der Waals surface area (Å²) in [5.41, 5.74) is 4.10. The quantitative estimate of drug-likeness (QED) is 0.909. The van der Waals surface area contributed by atoms with Gasteiger partial charge in [-0.25, -0.2) is 0 Å². The number of hydrogen-bond donors (Lipinski definition) is 1. The molecule has 0 saturated heterocycles. The third-order valence-corrected chi connectivity index (χ3v) is 5.07. The van der Waals surface area contributed by atoms with Gasteiger partial charge in [-0.3, -0.25) is 4.90 Å². The molecule has 0 amide bonds. The zero-order valence-corrected chi connectivity index (χ0v) is 13.4. The van der Waals surface area contributed by atoms with Gasteiger partial charge in [-0.15, -0.1) is 0 Å². The molecule has 1 aliphatic rings. The molecule has 1 heterocycles. The van der Waals surface area contributed by atoms with E-state index in [-0.39, 0.29) is 12.6 Å². The van der Waals surface area contributed by atoms with Gasteiger partial charge in [-0.2, -0.15) is 0 Å². The minimum atomic E-state index is 0.0682. The van der Waals surface area contributed by atoms with Gasteiger partial charge in [0, 0.05) is 12.6 Å². The van der Waals surface area contributed by atoms with Crippen molar-refractivity contribution in [1.29, 1.82) is 0 Å². The molecule has 2 heteroatoms. The normalized spacial score (nSPS) is 23.0. The number of hydrogen-bond acceptors (Lipinski definition) is 2. The summed E-state index contributed by atoms with van der Waals surface area (Å²) in [6.07, 6.45) is 1.13. The van der Waals surface area contributed by atoms with Gasteiger partial charge < -0.3 is 5.11 Å². The Balaban J connectivity index is 1.98. The zero-order chi connectivity index (χ0) is 15.5. The Labute approximate surface area is 133 Å². The van der Waals surface area contributed by atoms with Crippen LogP contribution in [-0.4, -0.2) is 23.2 Å². The second kappa shape index (κ2) is 6.64. The molecule has 0 fully saturated rings. The molecule has 0 radical (unpaired) electrons. The first kappa shape index (κ1) is 15.3. The predicted molar refractivity (Wildman–Crippen MR) is 90.9 cm³/mol. The topological polar surface area (TPSA) is 23.5 Å². The van der Waals surface area contributed by atoms with Gasteiger partial charge >= 0.3 is 0 Å². The van der Waals surface area contributed by atoms with E-state index >= 15 is 0 Å². The lowest BCUT2D eigenvalue weighted by atomic mass is 9.83. The molecule has 0 unspecified atom stereocenters. The molecule has 116 valence electrons. The summed E-state index contributed by atoms with van der Waals surface area (Å²) in [4.78, 5) is 2.46. The molecule has 2 aromatic rings. The Bertz CT molecular complexity index is 610. The second-order valence-corrected chi connectivity index (χ2v) is 6.22. The van der Waals surface area contributed by atoms with E-state index in [9.17, 15) is 5.11 Å². The molecule has 3 rings (SSSR count). The lowest BCUT2D eigenvalue weighted by molar-refractivity contribution is 0.0718. The van der Waals surface area contributed by atoms with Crippen molar-refractivity contribution in [3.8, 4) is 0 Å². The number of rotatable bonds is 4. The van der Waals surface area contributed by atoms with Crippen LogP contribution in [0.25, 0.3) is 0 Å². The molecule has 0 spiro atoms. The van der Waals surface area contributed by atoms with E-state index in [1.807, 2.05) is 6.07 Å². The Hall–Kier alpha value is -1.64. The van der Waals surface area contributed by atoms with Crippen LogP contribution in [0.4, 0.5) is 0 Å². The molecular formula is C20H25NO. The molecule has 0 saturated carbocycles. The Morgan fingerprint density at radius 3 is 2.32 bits per heavy atom. The summed E-state index contributed by atoms with van der Waals surface area (Å²) < 4.78 is 0. The Kier molecular flexibility index (Phi) is 4.60. The highest BCUT2D eigenvalue weighted by Crippen LogP contribution is 2.41. The van der Waals surface area contributed by atoms with Crippen molar-refractivity contribution in [3.05, 3.63) is 71.3 Å². The summed E-state index contributed by atoms with van der Waals surface area (Å²) in [5, 5.41) is 10.0. The summed E-state index contributed by atoms with van der Waals surface area (Å²) in [5.74, 6) is 0.546. The van der Waals surface area contributed by atoms with Gasteiger partial charge in [0.15, 0.2) is 0 Å². The van der Waals surface area contributed by atoms with Crippen LogP contribution in [0.15, 0.2) is 54.6 Å². The highest BCUT2D eigenvalue weighted by Gasteiger charge is 2.33. The first-order valence-electron chi connectivity index (χ1n) is 8.26. The maximum Gasteiger partial charge on any atom is 0.0628 e. The molecule has 2 nitrogen and oxygen atoms in total. The Morgan fingerprint density at radius 2 is 1.68 bits per heavy atom. The minimum Gasteiger partial charge on any atom is -0.394 e. The molecule has 0 aromatic heterocycles. The van der Waals surface area contributed by atoms with Crippen LogP contribution in [0.3, 0.4) is 0 Å². The first-order chi connectivity index (χ1) is 10.8. The molecule has 1 aliphatic heterocycles. The van der Waals surface area contributed by atoms with Crippen LogP contribution in [0, 0.1) is 0 Å². The van der Waals surface area contributed by atoms with Crippen LogP contribution in [0.1, 0.15) is 55.0 Å². The second-order valence-electron chi connectivity index (χ2n) is 6.22. The van der Waals surface area contributed by atoms with Crippen molar-refractivity contribution in [1.82, 2.24) is 4.90 Å². The van der Waals surface area contributed by atoms with E-state index in [1.54, 1.807) is 0 Å². The van der Waals surface area contributed by atoms with Gasteiger partial charge in [0.25, 0.3) is 0 Å². The summed E-state index contributed by atoms with van der Waals surface area (Å²) in [7, 11) is 0. The first-order valence-corrected chi connectivity index (χ1v) is 8.26. The van der Waals surface area contributed by atoms with Gasteiger partial charge in [0.05, 0.1) is 12.6 Å². The summed E-state index contributed by atoms with van der Waals surface area (Å²) in [6, 6.07) is 19.6. The third-order valence-electron chi connectivity index (χ3n) is 5.07. The number of aliphatic hydroxyl groups is 1. The van der Waals surface area contributed by atoms with E-state index in [2.05, 4.69) is 67.3 Å². The standard InChI is InChI=1S/C20H25NO/c1-3-16-13-21(15(2)18-11-7-8-12-19(16)18)20(14-22)17-9-5-4-6-10-17/h4-12,15-16,20,22H,3,13-14H2,1-2H3/t15-,16+,20+/m1/s1. The lowest BCUT2D eigenvalue weighted by Crippen LogP contribution is -2.40. The van der Waals surface area contributed by atoms with Crippen molar-refractivity contribution in [2.75, 3.05) is 13.2 Å². The maximum atomic E-state index is 10.0. The van der Waals surface area contributed by atoms with E-state index in [0.717, 1.165) is 13.0 Å². The van der Waals surface area contributed by atoms with E-state index < -0.39 is 0 Å². The van der Waals surface area contributed by atoms with Gasteiger partial charge in [-0.1, -0.05) is 61.5 Å². The number of benzene rings is 2.